The van der Waals surface area contributed by atoms with Gasteiger partial charge in [-0.2, -0.15) is 5.26 Å². The molecule has 0 aliphatic heterocycles. The quantitative estimate of drug-likeness (QED) is 0.841. The molecule has 0 saturated heterocycles. The van der Waals surface area contributed by atoms with Crippen molar-refractivity contribution >= 4 is 11.6 Å². The molecule has 2 rings (SSSR count). The summed E-state index contributed by atoms with van der Waals surface area (Å²) >= 11 is 0. The standard InChI is InChI=1S/C15H13N3O/c1-11(14-10-17-5-6-18-14)7-12-3-4-15(19-2)13(8-12)9-16/h3-8,10H,1-2H3. The van der Waals surface area contributed by atoms with Crippen LogP contribution in [0.2, 0.25) is 0 Å². The monoisotopic (exact) mass is 251 g/mol. The summed E-state index contributed by atoms with van der Waals surface area (Å²) in [6, 6.07) is 7.60. The minimum absolute atomic E-state index is 0.517. The Bertz CT molecular complexity index is 642. The minimum Gasteiger partial charge on any atom is -0.495 e. The van der Waals surface area contributed by atoms with Gasteiger partial charge >= 0.3 is 0 Å². The zero-order valence-corrected chi connectivity index (χ0v) is 10.8. The van der Waals surface area contributed by atoms with Gasteiger partial charge in [0.2, 0.25) is 0 Å². The third-order valence-electron chi connectivity index (χ3n) is 2.69. The Balaban J connectivity index is 2.36. The highest BCUT2D eigenvalue weighted by molar-refractivity contribution is 5.78. The highest BCUT2D eigenvalue weighted by Crippen LogP contribution is 2.21. The van der Waals surface area contributed by atoms with Gasteiger partial charge in [0.15, 0.2) is 0 Å². The molecule has 0 amide bonds. The molecular formula is C15H13N3O. The molecule has 0 unspecified atom stereocenters. The lowest BCUT2D eigenvalue weighted by Gasteiger charge is -2.04. The van der Waals surface area contributed by atoms with E-state index < -0.39 is 0 Å². The average molecular weight is 251 g/mol. The topological polar surface area (TPSA) is 58.8 Å². The number of ether oxygens (including phenoxy) is 1. The van der Waals surface area contributed by atoms with Gasteiger partial charge in [-0.15, -0.1) is 0 Å². The summed E-state index contributed by atoms with van der Waals surface area (Å²) in [6.07, 6.45) is 6.96. The van der Waals surface area contributed by atoms with Crippen molar-refractivity contribution in [3.8, 4) is 11.8 Å². The molecule has 1 aromatic heterocycles. The van der Waals surface area contributed by atoms with Crippen LogP contribution in [0.1, 0.15) is 23.7 Å². The summed E-state index contributed by atoms with van der Waals surface area (Å²) < 4.78 is 5.12. The maximum Gasteiger partial charge on any atom is 0.136 e. The zero-order chi connectivity index (χ0) is 13.7. The van der Waals surface area contributed by atoms with E-state index in [-0.39, 0.29) is 0 Å². The van der Waals surface area contributed by atoms with Gasteiger partial charge in [-0.3, -0.25) is 9.97 Å². The molecule has 0 fully saturated rings. The van der Waals surface area contributed by atoms with Crippen molar-refractivity contribution in [3.63, 3.8) is 0 Å². The molecule has 19 heavy (non-hydrogen) atoms. The van der Waals surface area contributed by atoms with E-state index >= 15 is 0 Å². The van der Waals surface area contributed by atoms with Gasteiger partial charge in [0, 0.05) is 12.4 Å². The van der Waals surface area contributed by atoms with Crippen LogP contribution in [0.5, 0.6) is 5.75 Å². The van der Waals surface area contributed by atoms with Crippen LogP contribution in [-0.2, 0) is 0 Å². The summed E-state index contributed by atoms with van der Waals surface area (Å²) in [6.45, 7) is 1.96. The molecule has 2 aromatic rings. The number of hydrogen-bond acceptors (Lipinski definition) is 4. The largest absolute Gasteiger partial charge is 0.495 e. The summed E-state index contributed by atoms with van der Waals surface area (Å²) in [5.41, 5.74) is 3.25. The second kappa shape index (κ2) is 5.78. The smallest absolute Gasteiger partial charge is 0.136 e. The first-order chi connectivity index (χ1) is 9.24. The number of rotatable bonds is 3. The lowest BCUT2D eigenvalue weighted by atomic mass is 10.1. The average Bonchev–Trinajstić information content (AvgIpc) is 2.48. The molecule has 0 N–H and O–H groups in total. The second-order valence-electron chi connectivity index (χ2n) is 3.99. The fraction of sp³-hybridized carbons (Fsp3) is 0.133. The molecule has 1 aromatic carbocycles. The Morgan fingerprint density at radius 3 is 2.84 bits per heavy atom. The van der Waals surface area contributed by atoms with E-state index in [0.29, 0.717) is 11.3 Å². The summed E-state index contributed by atoms with van der Waals surface area (Å²) in [5.74, 6) is 0.580. The predicted molar refractivity (Wildman–Crippen MR) is 73.3 cm³/mol. The first kappa shape index (κ1) is 12.8. The predicted octanol–water partition coefficient (Wildman–Crippen LogP) is 2.92. The number of nitrogens with zero attached hydrogens (tertiary/aromatic N) is 3. The molecule has 4 nitrogen and oxygen atoms in total. The zero-order valence-electron chi connectivity index (χ0n) is 10.8. The molecule has 0 aliphatic carbocycles. The highest BCUT2D eigenvalue weighted by Gasteiger charge is 2.03. The fourth-order valence-electron chi connectivity index (χ4n) is 1.73. The van der Waals surface area contributed by atoms with Gasteiger partial charge < -0.3 is 4.74 Å². The van der Waals surface area contributed by atoms with E-state index in [4.69, 9.17) is 10.00 Å². The number of benzene rings is 1. The second-order valence-corrected chi connectivity index (χ2v) is 3.99. The third kappa shape index (κ3) is 2.96. The Labute approximate surface area is 112 Å². The first-order valence-electron chi connectivity index (χ1n) is 5.77. The third-order valence-corrected chi connectivity index (χ3v) is 2.69. The molecule has 1 heterocycles. The molecule has 0 bridgehead atoms. The number of allylic oxidation sites excluding steroid dienone is 1. The maximum absolute atomic E-state index is 9.05. The molecule has 0 atom stereocenters. The van der Waals surface area contributed by atoms with Gasteiger partial charge in [-0.1, -0.05) is 6.07 Å². The van der Waals surface area contributed by atoms with Crippen LogP contribution in [0.15, 0.2) is 36.8 Å². The van der Waals surface area contributed by atoms with Gasteiger partial charge in [-0.05, 0) is 36.3 Å². The van der Waals surface area contributed by atoms with E-state index in [2.05, 4.69) is 16.0 Å². The van der Waals surface area contributed by atoms with Gasteiger partial charge in [0.05, 0.1) is 24.6 Å². The van der Waals surface area contributed by atoms with Crippen molar-refractivity contribution in [3.05, 3.63) is 53.6 Å². The number of methoxy groups -OCH3 is 1. The molecule has 0 aliphatic rings. The fourth-order valence-corrected chi connectivity index (χ4v) is 1.73. The summed E-state index contributed by atoms with van der Waals surface area (Å²) in [7, 11) is 1.55. The van der Waals surface area contributed by atoms with E-state index in [1.54, 1.807) is 37.8 Å². The van der Waals surface area contributed by atoms with Crippen molar-refractivity contribution in [2.75, 3.05) is 7.11 Å². The van der Waals surface area contributed by atoms with Crippen LogP contribution in [0, 0.1) is 11.3 Å². The number of aromatic nitrogens is 2. The van der Waals surface area contributed by atoms with Gasteiger partial charge in [0.1, 0.15) is 11.8 Å². The molecule has 0 spiro atoms. The van der Waals surface area contributed by atoms with E-state index in [1.807, 2.05) is 19.1 Å². The van der Waals surface area contributed by atoms with Crippen LogP contribution >= 0.6 is 0 Å². The Morgan fingerprint density at radius 2 is 2.21 bits per heavy atom. The van der Waals surface area contributed by atoms with Gasteiger partial charge in [0.25, 0.3) is 0 Å². The SMILES string of the molecule is COc1ccc(C=C(C)c2cnccn2)cc1C#N. The Morgan fingerprint density at radius 1 is 1.37 bits per heavy atom. The van der Waals surface area contributed by atoms with Crippen molar-refractivity contribution in [1.29, 1.82) is 5.26 Å². The van der Waals surface area contributed by atoms with Crippen molar-refractivity contribution in [2.45, 2.75) is 6.92 Å². The number of hydrogen-bond donors (Lipinski definition) is 0. The highest BCUT2D eigenvalue weighted by atomic mass is 16.5. The van der Waals surface area contributed by atoms with Crippen LogP contribution in [0.4, 0.5) is 0 Å². The Hall–Kier alpha value is -2.67. The molecule has 0 radical (unpaired) electrons. The van der Waals surface area contributed by atoms with Gasteiger partial charge in [-0.25, -0.2) is 0 Å². The van der Waals surface area contributed by atoms with Crippen molar-refractivity contribution in [2.24, 2.45) is 0 Å². The molecular weight excluding hydrogens is 238 g/mol. The van der Waals surface area contributed by atoms with E-state index in [9.17, 15) is 0 Å². The normalized spacial score (nSPS) is 10.9. The number of nitriles is 1. The van der Waals surface area contributed by atoms with Crippen LogP contribution in [-0.4, -0.2) is 17.1 Å². The van der Waals surface area contributed by atoms with E-state index in [1.165, 1.54) is 0 Å². The molecule has 94 valence electrons. The lowest BCUT2D eigenvalue weighted by Crippen LogP contribution is -1.89. The lowest BCUT2D eigenvalue weighted by molar-refractivity contribution is 0.413. The summed E-state index contributed by atoms with van der Waals surface area (Å²) in [5, 5.41) is 9.05. The van der Waals surface area contributed by atoms with Crippen LogP contribution in [0.3, 0.4) is 0 Å². The molecule has 0 saturated carbocycles. The van der Waals surface area contributed by atoms with Crippen molar-refractivity contribution in [1.82, 2.24) is 9.97 Å². The Kier molecular flexibility index (Phi) is 3.89. The maximum atomic E-state index is 9.05. The van der Waals surface area contributed by atoms with Crippen molar-refractivity contribution < 1.29 is 4.74 Å². The van der Waals surface area contributed by atoms with Crippen LogP contribution < -0.4 is 4.74 Å². The van der Waals surface area contributed by atoms with E-state index in [0.717, 1.165) is 16.8 Å². The summed E-state index contributed by atoms with van der Waals surface area (Å²) in [4.78, 5) is 8.26. The minimum atomic E-state index is 0.517. The van der Waals surface area contributed by atoms with Crippen LogP contribution in [0.25, 0.3) is 11.6 Å². The molecule has 4 heteroatoms. The first-order valence-corrected chi connectivity index (χ1v) is 5.77.